The number of rotatable bonds is 6. The lowest BCUT2D eigenvalue weighted by Gasteiger charge is -2.27. The quantitative estimate of drug-likeness (QED) is 0.525. The van der Waals surface area contributed by atoms with Crippen LogP contribution in [0.3, 0.4) is 0 Å². The predicted octanol–water partition coefficient (Wildman–Crippen LogP) is 0.521. The highest BCUT2D eigenvalue weighted by molar-refractivity contribution is 7.86. The molecule has 6 nitrogen and oxygen atoms in total. The summed E-state index contributed by atoms with van der Waals surface area (Å²) < 4.78 is 53.2. The van der Waals surface area contributed by atoms with Gasteiger partial charge in [-0.15, -0.1) is 0 Å². The van der Waals surface area contributed by atoms with E-state index in [-0.39, 0.29) is 25.0 Å². The molecule has 0 radical (unpaired) electrons. The van der Waals surface area contributed by atoms with Gasteiger partial charge in [-0.25, -0.2) is 0 Å². The van der Waals surface area contributed by atoms with Crippen LogP contribution in [0, 0.1) is 11.8 Å². The molecule has 0 aromatic carbocycles. The molecular formula is C10H18O6S2. The van der Waals surface area contributed by atoms with E-state index in [9.17, 15) is 16.8 Å². The van der Waals surface area contributed by atoms with Crippen molar-refractivity contribution in [2.24, 2.45) is 11.8 Å². The van der Waals surface area contributed by atoms with Crippen LogP contribution in [0.15, 0.2) is 12.2 Å². The van der Waals surface area contributed by atoms with Gasteiger partial charge in [0.2, 0.25) is 0 Å². The fraction of sp³-hybridized carbons (Fsp3) is 0.800. The first-order valence-corrected chi connectivity index (χ1v) is 9.14. The summed E-state index contributed by atoms with van der Waals surface area (Å²) >= 11 is 0. The van der Waals surface area contributed by atoms with Gasteiger partial charge in [-0.1, -0.05) is 12.2 Å². The molecule has 1 aliphatic rings. The first-order chi connectivity index (χ1) is 8.17. The molecule has 18 heavy (non-hydrogen) atoms. The second kappa shape index (κ2) is 6.14. The van der Waals surface area contributed by atoms with Gasteiger partial charge in [0.15, 0.2) is 0 Å². The minimum Gasteiger partial charge on any atom is -0.270 e. The van der Waals surface area contributed by atoms with Crippen molar-refractivity contribution < 1.29 is 25.2 Å². The van der Waals surface area contributed by atoms with E-state index in [2.05, 4.69) is 0 Å². The molecular weight excluding hydrogens is 280 g/mol. The molecule has 8 heteroatoms. The fourth-order valence-electron chi connectivity index (χ4n) is 1.76. The highest BCUT2D eigenvalue weighted by atomic mass is 32.2. The van der Waals surface area contributed by atoms with Crippen molar-refractivity contribution in [2.45, 2.75) is 12.8 Å². The van der Waals surface area contributed by atoms with Crippen molar-refractivity contribution in [3.05, 3.63) is 12.2 Å². The van der Waals surface area contributed by atoms with Gasteiger partial charge in [-0.2, -0.15) is 16.8 Å². The van der Waals surface area contributed by atoms with Gasteiger partial charge in [0.25, 0.3) is 20.2 Å². The molecule has 0 fully saturated rings. The molecule has 106 valence electrons. The maximum atomic E-state index is 10.9. The second-order valence-corrected chi connectivity index (χ2v) is 7.73. The first kappa shape index (κ1) is 15.6. The zero-order valence-electron chi connectivity index (χ0n) is 10.4. The zero-order chi connectivity index (χ0) is 13.8. The molecule has 2 atom stereocenters. The maximum Gasteiger partial charge on any atom is 0.264 e. The average molecular weight is 298 g/mol. The Morgan fingerprint density at radius 3 is 1.50 bits per heavy atom. The van der Waals surface area contributed by atoms with Crippen LogP contribution in [-0.2, 0) is 28.6 Å². The lowest BCUT2D eigenvalue weighted by Crippen LogP contribution is -2.27. The SMILES string of the molecule is CS(=O)(=O)OCC1CC=CCC1COS(C)(=O)=O. The second-order valence-electron chi connectivity index (χ2n) is 4.44. The van der Waals surface area contributed by atoms with Crippen LogP contribution in [-0.4, -0.2) is 42.6 Å². The Labute approximate surface area is 108 Å². The minimum absolute atomic E-state index is 0.0496. The third-order valence-electron chi connectivity index (χ3n) is 2.70. The molecule has 0 N–H and O–H groups in total. The monoisotopic (exact) mass is 298 g/mol. The van der Waals surface area contributed by atoms with E-state index in [0.29, 0.717) is 12.8 Å². The van der Waals surface area contributed by atoms with Gasteiger partial charge in [-0.05, 0) is 24.7 Å². The summed E-state index contributed by atoms with van der Waals surface area (Å²) in [5, 5.41) is 0. The van der Waals surface area contributed by atoms with E-state index in [1.165, 1.54) is 0 Å². The summed E-state index contributed by atoms with van der Waals surface area (Å²) in [7, 11) is -6.95. The average Bonchev–Trinajstić information content (AvgIpc) is 2.22. The van der Waals surface area contributed by atoms with Crippen molar-refractivity contribution >= 4 is 20.2 Å². The molecule has 0 heterocycles. The molecule has 0 saturated carbocycles. The van der Waals surface area contributed by atoms with Gasteiger partial charge in [0.05, 0.1) is 25.7 Å². The van der Waals surface area contributed by atoms with E-state index in [4.69, 9.17) is 8.37 Å². The third kappa shape index (κ3) is 6.48. The van der Waals surface area contributed by atoms with Crippen LogP contribution in [0.4, 0.5) is 0 Å². The summed E-state index contributed by atoms with van der Waals surface area (Å²) in [5.74, 6) is -0.0991. The molecule has 1 aliphatic carbocycles. The Morgan fingerprint density at radius 1 is 0.889 bits per heavy atom. The number of allylic oxidation sites excluding steroid dienone is 2. The van der Waals surface area contributed by atoms with Crippen molar-refractivity contribution in [3.63, 3.8) is 0 Å². The van der Waals surface area contributed by atoms with Crippen molar-refractivity contribution in [3.8, 4) is 0 Å². The molecule has 0 saturated heterocycles. The number of hydrogen-bond donors (Lipinski definition) is 0. The van der Waals surface area contributed by atoms with E-state index < -0.39 is 20.2 Å². The molecule has 0 aliphatic heterocycles. The lowest BCUT2D eigenvalue weighted by atomic mass is 9.84. The van der Waals surface area contributed by atoms with Crippen LogP contribution in [0.25, 0.3) is 0 Å². The van der Waals surface area contributed by atoms with Crippen molar-refractivity contribution in [1.29, 1.82) is 0 Å². The fourth-order valence-corrected chi connectivity index (χ4v) is 2.60. The molecule has 0 aromatic rings. The van der Waals surface area contributed by atoms with Gasteiger partial charge >= 0.3 is 0 Å². The Hall–Kier alpha value is -0.440. The topological polar surface area (TPSA) is 86.7 Å². The minimum atomic E-state index is -3.47. The van der Waals surface area contributed by atoms with Crippen molar-refractivity contribution in [2.75, 3.05) is 25.7 Å². The van der Waals surface area contributed by atoms with E-state index in [1.54, 1.807) is 0 Å². The smallest absolute Gasteiger partial charge is 0.264 e. The van der Waals surface area contributed by atoms with E-state index in [1.807, 2.05) is 12.2 Å². The summed E-state index contributed by atoms with van der Waals surface area (Å²) in [4.78, 5) is 0. The van der Waals surface area contributed by atoms with Gasteiger partial charge < -0.3 is 0 Å². The normalized spacial score (nSPS) is 25.2. The maximum absolute atomic E-state index is 10.9. The van der Waals surface area contributed by atoms with Crippen LogP contribution in [0.1, 0.15) is 12.8 Å². The highest BCUT2D eigenvalue weighted by Crippen LogP contribution is 2.26. The zero-order valence-corrected chi connectivity index (χ0v) is 12.0. The van der Waals surface area contributed by atoms with E-state index >= 15 is 0 Å². The molecule has 0 spiro atoms. The van der Waals surface area contributed by atoms with Crippen LogP contribution < -0.4 is 0 Å². The first-order valence-electron chi connectivity index (χ1n) is 5.51. The van der Waals surface area contributed by atoms with E-state index in [0.717, 1.165) is 12.5 Å². The summed E-state index contributed by atoms with van der Waals surface area (Å²) in [6.45, 7) is 0.113. The van der Waals surface area contributed by atoms with Crippen LogP contribution in [0.5, 0.6) is 0 Å². The summed E-state index contributed by atoms with van der Waals surface area (Å²) in [6.07, 6.45) is 7.18. The number of hydrogen-bond acceptors (Lipinski definition) is 6. The standard InChI is InChI=1S/C10H18O6S2/c1-17(11,12)15-7-9-5-3-4-6-10(9)8-16-18(2,13)14/h3-4,9-10H,5-8H2,1-2H3. The molecule has 0 bridgehead atoms. The van der Waals surface area contributed by atoms with Gasteiger partial charge in [0.1, 0.15) is 0 Å². The molecule has 2 unspecified atom stereocenters. The van der Waals surface area contributed by atoms with Crippen LogP contribution >= 0.6 is 0 Å². The Morgan fingerprint density at radius 2 is 1.22 bits per heavy atom. The predicted molar refractivity (Wildman–Crippen MR) is 66.9 cm³/mol. The largest absolute Gasteiger partial charge is 0.270 e. The summed E-state index contributed by atoms with van der Waals surface area (Å²) in [6, 6.07) is 0. The van der Waals surface area contributed by atoms with Crippen molar-refractivity contribution in [1.82, 2.24) is 0 Å². The molecule has 0 amide bonds. The Kier molecular flexibility index (Phi) is 5.32. The lowest BCUT2D eigenvalue weighted by molar-refractivity contribution is 0.146. The Balaban J connectivity index is 2.55. The van der Waals surface area contributed by atoms with Crippen LogP contribution in [0.2, 0.25) is 0 Å². The van der Waals surface area contributed by atoms with Gasteiger partial charge in [-0.3, -0.25) is 8.37 Å². The highest BCUT2D eigenvalue weighted by Gasteiger charge is 2.25. The third-order valence-corrected chi connectivity index (χ3v) is 3.83. The molecule has 0 aromatic heterocycles. The van der Waals surface area contributed by atoms with Gasteiger partial charge in [0, 0.05) is 0 Å². The molecule has 1 rings (SSSR count). The summed E-state index contributed by atoms with van der Waals surface area (Å²) in [5.41, 5.74) is 0. The Bertz CT molecular complexity index is 444.